The van der Waals surface area contributed by atoms with E-state index in [-0.39, 0.29) is 12.6 Å². The van der Waals surface area contributed by atoms with Gasteiger partial charge in [0.15, 0.2) is 0 Å². The molecule has 2 amide bonds. The molecule has 2 bridgehead atoms. The van der Waals surface area contributed by atoms with Crippen LogP contribution in [0.2, 0.25) is 0 Å². The van der Waals surface area contributed by atoms with Crippen molar-refractivity contribution in [1.82, 2.24) is 25.1 Å². The van der Waals surface area contributed by atoms with Gasteiger partial charge in [0, 0.05) is 25.7 Å². The van der Waals surface area contributed by atoms with Crippen molar-refractivity contribution in [2.75, 3.05) is 19.6 Å². The lowest BCUT2D eigenvalue weighted by molar-refractivity contribution is -0.0317. The summed E-state index contributed by atoms with van der Waals surface area (Å²) in [6, 6.07) is -1.30. The second-order valence-electron chi connectivity index (χ2n) is 7.16. The molecule has 0 unspecified atom stereocenters. The number of fused-ring (bicyclic) bond motifs is 2. The first-order chi connectivity index (χ1) is 12.8. The summed E-state index contributed by atoms with van der Waals surface area (Å²) in [7, 11) is -4.76. The van der Waals surface area contributed by atoms with Crippen molar-refractivity contribution in [2.24, 2.45) is 5.73 Å². The van der Waals surface area contributed by atoms with Gasteiger partial charge in [0.05, 0.1) is 12.6 Å². The van der Waals surface area contributed by atoms with E-state index in [1.165, 1.54) is 4.90 Å². The molecule has 4 rings (SSSR count). The molecular formula is C14H22N6O6S. The number of hydrogen-bond donors (Lipinski definition) is 2. The molecule has 0 saturated carbocycles. The Morgan fingerprint density at radius 1 is 1.22 bits per heavy atom. The number of hydroxylamine groups is 2. The average Bonchev–Trinajstić information content (AvgIpc) is 3.16. The number of likely N-dealkylation sites (tertiary alicyclic amines) is 1. The SMILES string of the molecule is NC1CCN(Cc2nnc([C@@H]3CC[C@H]4CN3C(=O)N4OS(=O)(=O)O)o2)CC1. The fourth-order valence-corrected chi connectivity index (χ4v) is 4.24. The number of piperidine rings is 2. The standard InChI is InChI=1S/C14H22N6O6S/c15-9-3-5-18(6-4-9)8-12-16-17-13(25-12)11-2-1-10-7-19(11)14(21)20(10)26-27(22,23)24/h9-11H,1-8,15H2,(H,22,23,24)/t10-,11-/m0/s1. The topological polar surface area (TPSA) is 155 Å². The van der Waals surface area contributed by atoms with Crippen LogP contribution in [-0.4, -0.2) is 75.8 Å². The summed E-state index contributed by atoms with van der Waals surface area (Å²) in [5, 5.41) is 8.86. The van der Waals surface area contributed by atoms with Gasteiger partial charge in [-0.3, -0.25) is 9.45 Å². The highest BCUT2D eigenvalue weighted by Crippen LogP contribution is 2.38. The molecule has 3 saturated heterocycles. The summed E-state index contributed by atoms with van der Waals surface area (Å²) < 4.78 is 40.9. The van der Waals surface area contributed by atoms with Gasteiger partial charge >= 0.3 is 16.4 Å². The first-order valence-electron chi connectivity index (χ1n) is 8.87. The zero-order valence-electron chi connectivity index (χ0n) is 14.6. The van der Waals surface area contributed by atoms with E-state index in [1.807, 2.05) is 0 Å². The second kappa shape index (κ2) is 6.98. The highest BCUT2D eigenvalue weighted by Gasteiger charge is 2.49. The number of hydrogen-bond acceptors (Lipinski definition) is 9. The molecule has 13 heteroatoms. The van der Waals surface area contributed by atoms with Gasteiger partial charge in [0.2, 0.25) is 11.8 Å². The van der Waals surface area contributed by atoms with Crippen molar-refractivity contribution in [3.63, 3.8) is 0 Å². The third kappa shape index (κ3) is 3.91. The van der Waals surface area contributed by atoms with Crippen molar-refractivity contribution >= 4 is 16.4 Å². The maximum Gasteiger partial charge on any atom is 0.418 e. The number of aromatic nitrogens is 2. The van der Waals surface area contributed by atoms with Crippen molar-refractivity contribution in [2.45, 2.75) is 50.4 Å². The Balaban J connectivity index is 1.43. The quantitative estimate of drug-likeness (QED) is 0.625. The van der Waals surface area contributed by atoms with E-state index in [1.54, 1.807) is 0 Å². The Morgan fingerprint density at radius 3 is 2.67 bits per heavy atom. The maximum absolute atomic E-state index is 12.4. The molecule has 12 nitrogen and oxygen atoms in total. The van der Waals surface area contributed by atoms with E-state index >= 15 is 0 Å². The summed E-state index contributed by atoms with van der Waals surface area (Å²) in [5.74, 6) is 0.791. The lowest BCUT2D eigenvalue weighted by Crippen LogP contribution is -2.39. The summed E-state index contributed by atoms with van der Waals surface area (Å²) >= 11 is 0. The Bertz CT molecular complexity index is 807. The second-order valence-corrected chi connectivity index (χ2v) is 8.16. The molecule has 2 atom stereocenters. The van der Waals surface area contributed by atoms with Crippen LogP contribution in [0.3, 0.4) is 0 Å². The molecule has 3 N–H and O–H groups in total. The van der Waals surface area contributed by atoms with E-state index in [4.69, 9.17) is 14.7 Å². The first-order valence-corrected chi connectivity index (χ1v) is 10.2. The third-order valence-corrected chi connectivity index (χ3v) is 5.60. The fourth-order valence-electron chi connectivity index (χ4n) is 3.86. The molecule has 0 aliphatic carbocycles. The van der Waals surface area contributed by atoms with Gasteiger partial charge in [-0.1, -0.05) is 0 Å². The molecule has 3 fully saturated rings. The van der Waals surface area contributed by atoms with Crippen molar-refractivity contribution in [1.29, 1.82) is 0 Å². The molecule has 0 radical (unpaired) electrons. The number of urea groups is 1. The summed E-state index contributed by atoms with van der Waals surface area (Å²) in [6.07, 6.45) is 2.87. The van der Waals surface area contributed by atoms with Crippen LogP contribution in [0.5, 0.6) is 0 Å². The van der Waals surface area contributed by atoms with Crippen molar-refractivity contribution in [3.8, 4) is 0 Å². The van der Waals surface area contributed by atoms with Crippen LogP contribution in [0, 0.1) is 0 Å². The minimum absolute atomic E-state index is 0.240. The van der Waals surface area contributed by atoms with Crippen LogP contribution in [0.25, 0.3) is 0 Å². The first kappa shape index (κ1) is 18.6. The van der Waals surface area contributed by atoms with E-state index < -0.39 is 28.5 Å². The van der Waals surface area contributed by atoms with Gasteiger partial charge in [0.25, 0.3) is 0 Å². The predicted octanol–water partition coefficient (Wildman–Crippen LogP) is -0.332. The number of carbonyl (C=O) groups is 1. The van der Waals surface area contributed by atoms with Crippen LogP contribution < -0.4 is 5.73 Å². The minimum Gasteiger partial charge on any atom is -0.422 e. The minimum atomic E-state index is -4.76. The molecule has 1 aromatic heterocycles. The monoisotopic (exact) mass is 402 g/mol. The Labute approximate surface area is 156 Å². The molecule has 3 aliphatic heterocycles. The highest BCUT2D eigenvalue weighted by atomic mass is 32.3. The van der Waals surface area contributed by atoms with E-state index in [9.17, 15) is 13.2 Å². The fraction of sp³-hybridized carbons (Fsp3) is 0.786. The Hall–Kier alpha value is -1.80. The summed E-state index contributed by atoms with van der Waals surface area (Å²) in [6.45, 7) is 2.54. The number of rotatable bonds is 5. The molecule has 27 heavy (non-hydrogen) atoms. The zero-order valence-corrected chi connectivity index (χ0v) is 15.4. The molecule has 150 valence electrons. The number of nitrogens with zero attached hydrogens (tertiary/aromatic N) is 5. The van der Waals surface area contributed by atoms with E-state index in [2.05, 4.69) is 19.4 Å². The van der Waals surface area contributed by atoms with Gasteiger partial charge in [-0.25, -0.2) is 4.79 Å². The largest absolute Gasteiger partial charge is 0.422 e. The van der Waals surface area contributed by atoms with Crippen LogP contribution in [0.15, 0.2) is 4.42 Å². The lowest BCUT2D eigenvalue weighted by atomic mass is 10.0. The lowest BCUT2D eigenvalue weighted by Gasteiger charge is -2.29. The smallest absolute Gasteiger partial charge is 0.418 e. The van der Waals surface area contributed by atoms with Gasteiger partial charge in [-0.15, -0.1) is 14.5 Å². The van der Waals surface area contributed by atoms with Crippen LogP contribution >= 0.6 is 0 Å². The molecule has 4 heterocycles. The van der Waals surface area contributed by atoms with Crippen LogP contribution in [0.1, 0.15) is 43.5 Å². The molecule has 3 aliphatic rings. The number of carbonyl (C=O) groups excluding carboxylic acids is 1. The van der Waals surface area contributed by atoms with Crippen molar-refractivity contribution < 1.29 is 26.5 Å². The average molecular weight is 402 g/mol. The number of nitrogens with two attached hydrogens (primary N) is 1. The molecule has 0 aromatic carbocycles. The van der Waals surface area contributed by atoms with E-state index in [0.29, 0.717) is 36.2 Å². The van der Waals surface area contributed by atoms with Crippen LogP contribution in [0.4, 0.5) is 4.79 Å². The van der Waals surface area contributed by atoms with Gasteiger partial charge in [-0.05, 0) is 25.7 Å². The zero-order chi connectivity index (χ0) is 19.2. The van der Waals surface area contributed by atoms with Crippen LogP contribution in [-0.2, 0) is 21.2 Å². The number of amides is 2. The molecule has 1 aromatic rings. The Morgan fingerprint density at radius 2 is 1.96 bits per heavy atom. The normalized spacial score (nSPS) is 27.6. The van der Waals surface area contributed by atoms with Crippen molar-refractivity contribution in [3.05, 3.63) is 11.8 Å². The highest BCUT2D eigenvalue weighted by molar-refractivity contribution is 7.80. The Kier molecular flexibility index (Phi) is 4.80. The van der Waals surface area contributed by atoms with E-state index in [0.717, 1.165) is 25.9 Å². The summed E-state index contributed by atoms with van der Waals surface area (Å²) in [5.41, 5.74) is 5.91. The third-order valence-electron chi connectivity index (χ3n) is 5.26. The maximum atomic E-state index is 12.4. The summed E-state index contributed by atoms with van der Waals surface area (Å²) in [4.78, 5) is 16.1. The van der Waals surface area contributed by atoms with Gasteiger partial charge in [-0.2, -0.15) is 13.5 Å². The van der Waals surface area contributed by atoms with Gasteiger partial charge < -0.3 is 15.1 Å². The van der Waals surface area contributed by atoms with Gasteiger partial charge in [0.1, 0.15) is 6.04 Å². The molecular weight excluding hydrogens is 380 g/mol. The predicted molar refractivity (Wildman–Crippen MR) is 89.1 cm³/mol. The molecule has 0 spiro atoms.